The van der Waals surface area contributed by atoms with E-state index in [2.05, 4.69) is 5.32 Å². The van der Waals surface area contributed by atoms with E-state index in [1.165, 1.54) is 6.92 Å². The lowest BCUT2D eigenvalue weighted by molar-refractivity contribution is -0.129. The van der Waals surface area contributed by atoms with Crippen LogP contribution < -0.4 is 5.32 Å². The first kappa shape index (κ1) is 10.7. The van der Waals surface area contributed by atoms with Crippen LogP contribution in [-0.2, 0) is 15.6 Å². The molecule has 0 radical (unpaired) electrons. The summed E-state index contributed by atoms with van der Waals surface area (Å²) < 4.78 is 11.0. The van der Waals surface area contributed by atoms with Crippen molar-refractivity contribution in [1.82, 2.24) is 5.32 Å². The van der Waals surface area contributed by atoms with E-state index >= 15 is 0 Å². The molecule has 0 aromatic carbocycles. The molecule has 4 nitrogen and oxygen atoms in total. The average Bonchev–Trinajstić information content (AvgIpc) is 2.08. The zero-order valence-corrected chi connectivity index (χ0v) is 8.47. The van der Waals surface area contributed by atoms with Crippen LogP contribution in [0.5, 0.6) is 0 Å². The van der Waals surface area contributed by atoms with Crippen molar-refractivity contribution in [3.8, 4) is 0 Å². The molecule has 1 saturated heterocycles. The van der Waals surface area contributed by atoms with E-state index in [0.717, 1.165) is 12.8 Å². The number of aliphatic hydroxyl groups excluding tert-OH is 1. The maximum Gasteiger partial charge on any atom is 0.248 e. The molecule has 0 saturated carbocycles. The second kappa shape index (κ2) is 4.72. The first-order valence-electron chi connectivity index (χ1n) is 4.43. The minimum atomic E-state index is -0.951. The summed E-state index contributed by atoms with van der Waals surface area (Å²) in [6.07, 6.45) is 0.559. The van der Waals surface area contributed by atoms with Crippen LogP contribution >= 0.6 is 0 Å². The maximum atomic E-state index is 11.1. The number of aliphatic hydroxyl groups is 1. The lowest BCUT2D eigenvalue weighted by Crippen LogP contribution is -2.43. The Bertz CT molecular complexity index is 207. The van der Waals surface area contributed by atoms with E-state index in [9.17, 15) is 9.00 Å². The third-order valence-electron chi connectivity index (χ3n) is 2.11. The molecular weight excluding hydrogens is 190 g/mol. The Balaban J connectivity index is 2.30. The van der Waals surface area contributed by atoms with Crippen LogP contribution in [0.15, 0.2) is 0 Å². The minimum Gasteiger partial charge on any atom is -0.384 e. The molecule has 1 aliphatic heterocycles. The fourth-order valence-corrected chi connectivity index (χ4v) is 2.56. The molecule has 0 spiro atoms. The molecule has 1 aliphatic rings. The number of amides is 1. The molecule has 0 aromatic rings. The van der Waals surface area contributed by atoms with Gasteiger partial charge in [-0.25, -0.2) is 0 Å². The van der Waals surface area contributed by atoms with E-state index in [-0.39, 0.29) is 11.9 Å². The van der Waals surface area contributed by atoms with E-state index in [0.29, 0.717) is 11.5 Å². The van der Waals surface area contributed by atoms with Gasteiger partial charge in [0, 0.05) is 28.3 Å². The summed E-state index contributed by atoms with van der Waals surface area (Å²) in [4.78, 5) is 11.1. The van der Waals surface area contributed by atoms with E-state index < -0.39 is 16.9 Å². The van der Waals surface area contributed by atoms with Gasteiger partial charge in [-0.3, -0.25) is 9.00 Å². The van der Waals surface area contributed by atoms with Gasteiger partial charge in [0.25, 0.3) is 0 Å². The van der Waals surface area contributed by atoms with Crippen LogP contribution in [0.1, 0.15) is 19.8 Å². The van der Waals surface area contributed by atoms with Crippen molar-refractivity contribution in [2.75, 3.05) is 11.5 Å². The second-order valence-electron chi connectivity index (χ2n) is 3.31. The number of nitrogens with one attached hydrogen (secondary N) is 1. The monoisotopic (exact) mass is 205 g/mol. The highest BCUT2D eigenvalue weighted by Gasteiger charge is 2.20. The van der Waals surface area contributed by atoms with Crippen LogP contribution in [0.2, 0.25) is 0 Å². The van der Waals surface area contributed by atoms with Gasteiger partial charge < -0.3 is 10.4 Å². The van der Waals surface area contributed by atoms with Gasteiger partial charge >= 0.3 is 0 Å². The van der Waals surface area contributed by atoms with Crippen LogP contribution in [-0.4, -0.2) is 38.9 Å². The Morgan fingerprint density at radius 1 is 1.54 bits per heavy atom. The summed E-state index contributed by atoms with van der Waals surface area (Å²) in [6.45, 7) is 1.44. The van der Waals surface area contributed by atoms with Gasteiger partial charge in [0.05, 0.1) is 0 Å². The van der Waals surface area contributed by atoms with E-state index in [1.807, 2.05) is 0 Å². The minimum absolute atomic E-state index is 0.0970. The Morgan fingerprint density at radius 2 is 2.08 bits per heavy atom. The lowest BCUT2D eigenvalue weighted by atomic mass is 10.1. The van der Waals surface area contributed by atoms with Crippen molar-refractivity contribution in [3.63, 3.8) is 0 Å². The van der Waals surface area contributed by atoms with Crippen LogP contribution in [0.25, 0.3) is 0 Å². The molecule has 0 aromatic heterocycles. The van der Waals surface area contributed by atoms with Gasteiger partial charge in [0.2, 0.25) is 5.91 Å². The number of hydrogen-bond acceptors (Lipinski definition) is 3. The molecule has 1 amide bonds. The highest BCUT2D eigenvalue weighted by molar-refractivity contribution is 7.85. The van der Waals surface area contributed by atoms with Gasteiger partial charge in [-0.1, -0.05) is 0 Å². The van der Waals surface area contributed by atoms with Gasteiger partial charge in [-0.15, -0.1) is 0 Å². The second-order valence-corrected chi connectivity index (χ2v) is 5.00. The van der Waals surface area contributed by atoms with Crippen LogP contribution in [0.4, 0.5) is 0 Å². The summed E-state index contributed by atoms with van der Waals surface area (Å²) in [7, 11) is -0.700. The predicted octanol–water partition coefficient (Wildman–Crippen LogP) is -0.606. The molecule has 1 heterocycles. The average molecular weight is 205 g/mol. The SMILES string of the molecule is C[C@@H](O)C(=O)NC1CCS(=O)CC1. The van der Waals surface area contributed by atoms with Gasteiger partial charge in [0.1, 0.15) is 6.10 Å². The number of carbonyl (C=O) groups excluding carboxylic acids is 1. The molecule has 76 valence electrons. The Hall–Kier alpha value is -0.420. The van der Waals surface area contributed by atoms with Gasteiger partial charge in [0.15, 0.2) is 0 Å². The maximum absolute atomic E-state index is 11.1. The van der Waals surface area contributed by atoms with Crippen LogP contribution in [0, 0.1) is 0 Å². The van der Waals surface area contributed by atoms with Crippen LogP contribution in [0.3, 0.4) is 0 Å². The van der Waals surface area contributed by atoms with Crippen molar-refractivity contribution >= 4 is 16.7 Å². The van der Waals surface area contributed by atoms with Crippen molar-refractivity contribution < 1.29 is 14.1 Å². The first-order valence-corrected chi connectivity index (χ1v) is 5.92. The molecule has 13 heavy (non-hydrogen) atoms. The smallest absolute Gasteiger partial charge is 0.248 e. The molecule has 1 atom stereocenters. The highest BCUT2D eigenvalue weighted by atomic mass is 32.2. The van der Waals surface area contributed by atoms with Gasteiger partial charge in [-0.2, -0.15) is 0 Å². The van der Waals surface area contributed by atoms with Crippen molar-refractivity contribution in [3.05, 3.63) is 0 Å². The van der Waals surface area contributed by atoms with Crippen molar-refractivity contribution in [1.29, 1.82) is 0 Å². The number of carbonyl (C=O) groups is 1. The largest absolute Gasteiger partial charge is 0.384 e. The lowest BCUT2D eigenvalue weighted by Gasteiger charge is -2.23. The zero-order valence-electron chi connectivity index (χ0n) is 7.66. The number of hydrogen-bond donors (Lipinski definition) is 2. The molecule has 0 unspecified atom stereocenters. The molecule has 5 heteroatoms. The van der Waals surface area contributed by atoms with Gasteiger partial charge in [-0.05, 0) is 19.8 Å². The molecule has 1 fully saturated rings. The summed E-state index contributed by atoms with van der Waals surface area (Å²) >= 11 is 0. The quantitative estimate of drug-likeness (QED) is 0.632. The fourth-order valence-electron chi connectivity index (χ4n) is 1.26. The Kier molecular flexibility index (Phi) is 3.87. The third kappa shape index (κ3) is 3.44. The molecule has 1 rings (SSSR count). The summed E-state index contributed by atoms with van der Waals surface area (Å²) in [5.74, 6) is 0.980. The topological polar surface area (TPSA) is 66.4 Å². The van der Waals surface area contributed by atoms with Crippen molar-refractivity contribution in [2.24, 2.45) is 0 Å². The Morgan fingerprint density at radius 3 is 2.54 bits per heavy atom. The summed E-state index contributed by atoms with van der Waals surface area (Å²) in [5, 5.41) is 11.6. The normalized spacial score (nSPS) is 30.9. The van der Waals surface area contributed by atoms with E-state index in [1.54, 1.807) is 0 Å². The first-order chi connectivity index (χ1) is 6.09. The highest BCUT2D eigenvalue weighted by Crippen LogP contribution is 2.08. The number of rotatable bonds is 2. The fraction of sp³-hybridized carbons (Fsp3) is 0.875. The molecule has 0 bridgehead atoms. The zero-order chi connectivity index (χ0) is 9.84. The third-order valence-corrected chi connectivity index (χ3v) is 3.50. The van der Waals surface area contributed by atoms with Crippen molar-refractivity contribution in [2.45, 2.75) is 31.9 Å². The standard InChI is InChI=1S/C8H15NO3S/c1-6(10)8(11)9-7-2-4-13(12)5-3-7/h6-7,10H,2-5H2,1H3,(H,9,11)/t6-,7?,13?/m1/s1. The molecule has 0 aliphatic carbocycles. The van der Waals surface area contributed by atoms with E-state index in [4.69, 9.17) is 5.11 Å². The molecular formula is C8H15NO3S. The molecule has 2 N–H and O–H groups in total. The predicted molar refractivity (Wildman–Crippen MR) is 50.7 cm³/mol. The summed E-state index contributed by atoms with van der Waals surface area (Å²) in [5.41, 5.74) is 0. The Labute approximate surface area is 80.2 Å². The summed E-state index contributed by atoms with van der Waals surface area (Å²) in [6, 6.07) is 0.0970.